The Bertz CT molecular complexity index is 513. The highest BCUT2D eigenvalue weighted by molar-refractivity contribution is 5.95. The number of rotatable bonds is 9. The fourth-order valence-corrected chi connectivity index (χ4v) is 4.35. The Hall–Kier alpha value is -1.75. The first kappa shape index (κ1) is 17.6. The minimum atomic E-state index is -0.813. The second-order valence-electron chi connectivity index (χ2n) is 6.56. The van der Waals surface area contributed by atoms with Gasteiger partial charge in [0.15, 0.2) is 11.6 Å². The second-order valence-corrected chi connectivity index (χ2v) is 6.56. The van der Waals surface area contributed by atoms with E-state index in [1.807, 2.05) is 0 Å². The average molecular weight is 319 g/mol. The third kappa shape index (κ3) is 3.78. The Morgan fingerprint density at radius 3 is 2.43 bits per heavy atom. The molecule has 5 heteroatoms. The predicted molar refractivity (Wildman–Crippen MR) is 86.9 cm³/mol. The summed E-state index contributed by atoms with van der Waals surface area (Å²) in [6, 6.07) is 0.0157. The summed E-state index contributed by atoms with van der Waals surface area (Å²) in [7, 11) is 0. The average Bonchev–Trinajstić information content (AvgIpc) is 2.57. The maximum absolute atomic E-state index is 12.4. The Kier molecular flexibility index (Phi) is 5.88. The molecule has 5 unspecified atom stereocenters. The molecule has 0 heterocycles. The van der Waals surface area contributed by atoms with Crippen LogP contribution in [0.1, 0.15) is 32.1 Å². The van der Waals surface area contributed by atoms with E-state index in [9.17, 15) is 14.4 Å². The number of carboxylic acid groups (broad SMARTS) is 1. The van der Waals surface area contributed by atoms with E-state index in [2.05, 4.69) is 18.5 Å². The van der Waals surface area contributed by atoms with Gasteiger partial charge in [-0.15, -0.1) is 0 Å². The number of carboxylic acids is 1. The van der Waals surface area contributed by atoms with Gasteiger partial charge in [0.1, 0.15) is 0 Å². The van der Waals surface area contributed by atoms with Crippen LogP contribution in [-0.4, -0.2) is 35.2 Å². The van der Waals surface area contributed by atoms with E-state index >= 15 is 0 Å². The third-order valence-electron chi connectivity index (χ3n) is 5.34. The molecule has 3 aliphatic rings. The number of ketones is 2. The van der Waals surface area contributed by atoms with E-state index in [1.54, 1.807) is 0 Å². The molecule has 0 aliphatic heterocycles. The lowest BCUT2D eigenvalue weighted by Crippen LogP contribution is -2.58. The molecule has 3 aliphatic carbocycles. The van der Waals surface area contributed by atoms with Crippen LogP contribution in [0.4, 0.5) is 0 Å². The minimum absolute atomic E-state index is 0.0157. The van der Waals surface area contributed by atoms with Crippen molar-refractivity contribution in [1.29, 1.82) is 0 Å². The molecule has 5 nitrogen and oxygen atoms in total. The molecule has 0 aromatic heterocycles. The first-order valence-electron chi connectivity index (χ1n) is 8.27. The van der Waals surface area contributed by atoms with Crippen LogP contribution in [0.5, 0.6) is 0 Å². The first-order chi connectivity index (χ1) is 11.0. The highest BCUT2D eigenvalue weighted by atomic mass is 16.4. The van der Waals surface area contributed by atoms with Crippen molar-refractivity contribution in [2.24, 2.45) is 23.7 Å². The zero-order valence-electron chi connectivity index (χ0n) is 13.4. The van der Waals surface area contributed by atoms with E-state index in [0.29, 0.717) is 13.0 Å². The van der Waals surface area contributed by atoms with Gasteiger partial charge in [0.25, 0.3) is 0 Å². The van der Waals surface area contributed by atoms with Crippen LogP contribution in [-0.2, 0) is 14.4 Å². The molecule has 0 spiro atoms. The second kappa shape index (κ2) is 7.68. The molecule has 3 saturated carbocycles. The highest BCUT2D eigenvalue weighted by Crippen LogP contribution is 2.49. The maximum atomic E-state index is 12.4. The van der Waals surface area contributed by atoms with Gasteiger partial charge in [0.2, 0.25) is 0 Å². The molecular formula is C18H25NO4. The van der Waals surface area contributed by atoms with E-state index in [1.165, 1.54) is 12.2 Å². The zero-order chi connectivity index (χ0) is 17.0. The number of carbonyl (C=O) groups is 3. The fourth-order valence-electron chi connectivity index (χ4n) is 4.35. The Morgan fingerprint density at radius 1 is 1.13 bits per heavy atom. The Morgan fingerprint density at radius 2 is 1.83 bits per heavy atom. The zero-order valence-corrected chi connectivity index (χ0v) is 13.4. The van der Waals surface area contributed by atoms with Crippen molar-refractivity contribution in [2.75, 3.05) is 6.54 Å². The Labute approximate surface area is 136 Å². The monoisotopic (exact) mass is 319 g/mol. The minimum Gasteiger partial charge on any atom is -0.481 e. The molecule has 3 fully saturated rings. The van der Waals surface area contributed by atoms with Gasteiger partial charge in [-0.25, -0.2) is 0 Å². The molecule has 0 amide bonds. The molecule has 2 bridgehead atoms. The number of aliphatic carboxylic acids is 1. The van der Waals surface area contributed by atoms with Crippen LogP contribution in [0.25, 0.3) is 0 Å². The highest BCUT2D eigenvalue weighted by Gasteiger charge is 2.51. The number of hydrogen-bond acceptors (Lipinski definition) is 4. The molecule has 0 radical (unpaired) electrons. The van der Waals surface area contributed by atoms with Gasteiger partial charge in [0, 0.05) is 24.3 Å². The molecule has 0 saturated heterocycles. The number of carbonyl (C=O) groups excluding carboxylic acids is 2. The Balaban J connectivity index is 2.10. The van der Waals surface area contributed by atoms with E-state index in [-0.39, 0.29) is 47.7 Å². The summed E-state index contributed by atoms with van der Waals surface area (Å²) in [5.74, 6) is -0.841. The quantitative estimate of drug-likeness (QED) is 0.501. The van der Waals surface area contributed by atoms with E-state index in [4.69, 9.17) is 5.11 Å². The lowest BCUT2D eigenvalue weighted by molar-refractivity contribution is -0.138. The normalized spacial score (nSPS) is 32.3. The molecule has 5 atom stereocenters. The lowest BCUT2D eigenvalue weighted by atomic mass is 9.55. The van der Waals surface area contributed by atoms with Gasteiger partial charge < -0.3 is 10.4 Å². The van der Waals surface area contributed by atoms with Crippen LogP contribution in [0, 0.1) is 23.7 Å². The van der Waals surface area contributed by atoms with Crippen LogP contribution in [0.15, 0.2) is 25.3 Å². The third-order valence-corrected chi connectivity index (χ3v) is 5.34. The summed E-state index contributed by atoms with van der Waals surface area (Å²) in [6.07, 6.45) is 6.05. The lowest BCUT2D eigenvalue weighted by Gasteiger charge is -2.51. The van der Waals surface area contributed by atoms with Crippen molar-refractivity contribution in [3.63, 3.8) is 0 Å². The largest absolute Gasteiger partial charge is 0.481 e. The number of fused-ring (bicyclic) bond motifs is 3. The first-order valence-corrected chi connectivity index (χ1v) is 8.27. The van der Waals surface area contributed by atoms with Gasteiger partial charge in [0.05, 0.1) is 0 Å². The molecule has 0 aromatic rings. The molecular weight excluding hydrogens is 294 g/mol. The number of hydrogen-bond donors (Lipinski definition) is 2. The van der Waals surface area contributed by atoms with Gasteiger partial charge in [-0.05, 0) is 56.2 Å². The van der Waals surface area contributed by atoms with Crippen molar-refractivity contribution in [3.8, 4) is 0 Å². The van der Waals surface area contributed by atoms with Gasteiger partial charge >= 0.3 is 5.97 Å². The SMILES string of the molecule is C=CC(=O)C1CC2CCC1C(C(=O)C=C)C2NCCCC(=O)O. The number of nitrogens with one attached hydrogen (secondary N) is 1. The van der Waals surface area contributed by atoms with Gasteiger partial charge in [-0.3, -0.25) is 14.4 Å². The van der Waals surface area contributed by atoms with E-state index in [0.717, 1.165) is 19.3 Å². The summed E-state index contributed by atoms with van der Waals surface area (Å²) < 4.78 is 0. The smallest absolute Gasteiger partial charge is 0.303 e. The predicted octanol–water partition coefficient (Wildman–Crippen LogP) is 1.98. The van der Waals surface area contributed by atoms with Crippen LogP contribution >= 0.6 is 0 Å². The van der Waals surface area contributed by atoms with Crippen molar-refractivity contribution >= 4 is 17.5 Å². The summed E-state index contributed by atoms with van der Waals surface area (Å²) >= 11 is 0. The topological polar surface area (TPSA) is 83.5 Å². The van der Waals surface area contributed by atoms with Crippen LogP contribution in [0.2, 0.25) is 0 Å². The fraction of sp³-hybridized carbons (Fsp3) is 0.611. The summed E-state index contributed by atoms with van der Waals surface area (Å²) in [5.41, 5.74) is 0. The summed E-state index contributed by atoms with van der Waals surface area (Å²) in [4.78, 5) is 35.1. The molecule has 126 valence electrons. The standard InChI is InChI=1S/C18H25NO4/c1-3-14(20)13-10-11-7-8-12(13)17(15(21)4-2)18(11)19-9-5-6-16(22)23/h3-4,11-13,17-19H,1-2,5-10H2,(H,22,23). The molecule has 3 rings (SSSR count). The van der Waals surface area contributed by atoms with Gasteiger partial charge in [-0.2, -0.15) is 0 Å². The summed E-state index contributed by atoms with van der Waals surface area (Å²) in [6.45, 7) is 7.75. The van der Waals surface area contributed by atoms with Crippen molar-refractivity contribution in [3.05, 3.63) is 25.3 Å². The van der Waals surface area contributed by atoms with Crippen LogP contribution in [0.3, 0.4) is 0 Å². The maximum Gasteiger partial charge on any atom is 0.303 e. The van der Waals surface area contributed by atoms with Crippen molar-refractivity contribution < 1.29 is 19.5 Å². The van der Waals surface area contributed by atoms with Crippen molar-refractivity contribution in [1.82, 2.24) is 5.32 Å². The van der Waals surface area contributed by atoms with Gasteiger partial charge in [-0.1, -0.05) is 13.2 Å². The number of allylic oxidation sites excluding steroid dienone is 2. The molecule has 2 N–H and O–H groups in total. The molecule has 23 heavy (non-hydrogen) atoms. The summed E-state index contributed by atoms with van der Waals surface area (Å²) in [5, 5.41) is 12.1. The van der Waals surface area contributed by atoms with Crippen molar-refractivity contribution in [2.45, 2.75) is 38.1 Å². The van der Waals surface area contributed by atoms with Crippen LogP contribution < -0.4 is 5.32 Å². The van der Waals surface area contributed by atoms with E-state index < -0.39 is 5.97 Å². The molecule has 0 aromatic carbocycles.